The van der Waals surface area contributed by atoms with Gasteiger partial charge in [-0.05, 0) is 37.6 Å². The zero-order chi connectivity index (χ0) is 17.0. The molecule has 0 radical (unpaired) electrons. The number of ether oxygens (including phenoxy) is 1. The van der Waals surface area contributed by atoms with Crippen LogP contribution in [0.15, 0.2) is 28.8 Å². The Morgan fingerprint density at radius 3 is 2.65 bits per heavy atom. The average Bonchev–Trinajstić information content (AvgIpc) is 2.82. The highest BCUT2D eigenvalue weighted by Gasteiger charge is 2.30. The van der Waals surface area contributed by atoms with Crippen molar-refractivity contribution in [1.29, 1.82) is 0 Å². The molecule has 0 aromatic heterocycles. The number of aliphatic imine (C=N–C) groups is 1. The first-order valence-electron chi connectivity index (χ1n) is 7.92. The number of carbonyl (C=O) groups excluding carboxylic acids is 1. The zero-order valence-electron chi connectivity index (χ0n) is 14.6. The number of amidine groups is 1. The summed E-state index contributed by atoms with van der Waals surface area (Å²) in [5.74, 6) is 1.71. The third-order valence-corrected chi connectivity index (χ3v) is 3.86. The lowest BCUT2D eigenvalue weighted by molar-refractivity contribution is -0.122. The van der Waals surface area contributed by atoms with Gasteiger partial charge in [-0.3, -0.25) is 14.7 Å². The second-order valence-electron chi connectivity index (χ2n) is 5.61. The highest BCUT2D eigenvalue weighted by atomic mass is 16.5. The first kappa shape index (κ1) is 17.1. The highest BCUT2D eigenvalue weighted by molar-refractivity contribution is 6.17. The van der Waals surface area contributed by atoms with Crippen LogP contribution in [-0.2, 0) is 4.79 Å². The van der Waals surface area contributed by atoms with E-state index in [0.29, 0.717) is 19.5 Å². The van der Waals surface area contributed by atoms with Gasteiger partial charge in [0.2, 0.25) is 0 Å². The average molecular weight is 315 g/mol. The molecular weight excluding hydrogens is 290 g/mol. The third kappa shape index (κ3) is 3.55. The zero-order valence-corrected chi connectivity index (χ0v) is 14.6. The van der Waals surface area contributed by atoms with E-state index >= 15 is 0 Å². The first-order chi connectivity index (χ1) is 11.0. The number of methoxy groups -OCH3 is 1. The van der Waals surface area contributed by atoms with Crippen molar-refractivity contribution in [3.8, 4) is 5.75 Å². The lowest BCUT2D eigenvalue weighted by Crippen LogP contribution is -2.29. The molecule has 0 bridgehead atoms. The SMILES string of the molecule is CC/N=C1/C/C(=C/c2ccc(N(C)C)c(OC)c2)C(=O)N1CC. The largest absolute Gasteiger partial charge is 0.495 e. The highest BCUT2D eigenvalue weighted by Crippen LogP contribution is 2.30. The number of amides is 1. The summed E-state index contributed by atoms with van der Waals surface area (Å²) >= 11 is 0. The summed E-state index contributed by atoms with van der Waals surface area (Å²) in [5, 5.41) is 0. The lowest BCUT2D eigenvalue weighted by Gasteiger charge is -2.16. The molecule has 0 unspecified atom stereocenters. The Bertz CT molecular complexity index is 648. The molecule has 0 atom stereocenters. The maximum absolute atomic E-state index is 12.5. The minimum Gasteiger partial charge on any atom is -0.495 e. The Kier molecular flexibility index (Phi) is 5.42. The van der Waals surface area contributed by atoms with Crippen LogP contribution in [0, 0.1) is 0 Å². The van der Waals surface area contributed by atoms with Gasteiger partial charge >= 0.3 is 0 Å². The van der Waals surface area contributed by atoms with Crippen molar-refractivity contribution in [2.45, 2.75) is 20.3 Å². The topological polar surface area (TPSA) is 45.1 Å². The van der Waals surface area contributed by atoms with Gasteiger partial charge in [-0.25, -0.2) is 0 Å². The van der Waals surface area contributed by atoms with E-state index < -0.39 is 0 Å². The molecule has 1 heterocycles. The predicted molar refractivity (Wildman–Crippen MR) is 95.3 cm³/mol. The van der Waals surface area contributed by atoms with E-state index in [0.717, 1.165) is 28.4 Å². The lowest BCUT2D eigenvalue weighted by atomic mass is 10.1. The molecule has 1 fully saturated rings. The van der Waals surface area contributed by atoms with Crippen molar-refractivity contribution in [3.05, 3.63) is 29.3 Å². The quantitative estimate of drug-likeness (QED) is 0.785. The molecule has 2 rings (SSSR count). The number of rotatable bonds is 5. The molecule has 0 saturated carbocycles. The molecule has 124 valence electrons. The summed E-state index contributed by atoms with van der Waals surface area (Å²) in [6.45, 7) is 5.30. The van der Waals surface area contributed by atoms with Crippen LogP contribution in [0.4, 0.5) is 5.69 Å². The van der Waals surface area contributed by atoms with Crippen LogP contribution >= 0.6 is 0 Å². The predicted octanol–water partition coefficient (Wildman–Crippen LogP) is 2.82. The molecular formula is C18H25N3O2. The molecule has 0 N–H and O–H groups in total. The van der Waals surface area contributed by atoms with E-state index in [2.05, 4.69) is 4.99 Å². The maximum atomic E-state index is 12.5. The molecule has 23 heavy (non-hydrogen) atoms. The molecule has 1 amide bonds. The molecule has 5 nitrogen and oxygen atoms in total. The molecule has 1 aliphatic heterocycles. The van der Waals surface area contributed by atoms with E-state index in [1.165, 1.54) is 0 Å². The van der Waals surface area contributed by atoms with Gasteiger partial charge in [-0.15, -0.1) is 0 Å². The number of hydrogen-bond donors (Lipinski definition) is 0. The van der Waals surface area contributed by atoms with E-state index in [1.54, 1.807) is 12.0 Å². The minimum absolute atomic E-state index is 0.0513. The summed E-state index contributed by atoms with van der Waals surface area (Å²) in [6, 6.07) is 5.97. The fraction of sp³-hybridized carbons (Fsp3) is 0.444. The van der Waals surface area contributed by atoms with Crippen LogP contribution in [0.25, 0.3) is 6.08 Å². The Morgan fingerprint density at radius 1 is 1.35 bits per heavy atom. The second-order valence-corrected chi connectivity index (χ2v) is 5.61. The number of anilines is 1. The van der Waals surface area contributed by atoms with Crippen LogP contribution in [0.2, 0.25) is 0 Å². The van der Waals surface area contributed by atoms with Gasteiger partial charge in [-0.2, -0.15) is 0 Å². The van der Waals surface area contributed by atoms with Crippen LogP contribution in [0.1, 0.15) is 25.8 Å². The minimum atomic E-state index is 0.0513. The van der Waals surface area contributed by atoms with Gasteiger partial charge in [0.1, 0.15) is 11.6 Å². The van der Waals surface area contributed by atoms with Gasteiger partial charge in [-0.1, -0.05) is 6.07 Å². The molecule has 1 aromatic rings. The summed E-state index contributed by atoms with van der Waals surface area (Å²) in [5.41, 5.74) is 2.75. The van der Waals surface area contributed by atoms with Crippen LogP contribution < -0.4 is 9.64 Å². The Labute approximate surface area is 138 Å². The fourth-order valence-corrected chi connectivity index (χ4v) is 2.75. The Hall–Kier alpha value is -2.30. The molecule has 1 saturated heterocycles. The van der Waals surface area contributed by atoms with Crippen molar-refractivity contribution in [2.75, 3.05) is 39.2 Å². The third-order valence-electron chi connectivity index (χ3n) is 3.86. The van der Waals surface area contributed by atoms with E-state index in [9.17, 15) is 4.79 Å². The van der Waals surface area contributed by atoms with Gasteiger partial charge in [0.25, 0.3) is 5.91 Å². The number of benzene rings is 1. The standard InChI is InChI=1S/C18H25N3O2/c1-6-19-17-12-14(18(22)21(17)7-2)10-13-8-9-15(20(3)4)16(11-13)23-5/h8-11H,6-7,12H2,1-5H3/b14-10-,19-17-. The monoisotopic (exact) mass is 315 g/mol. The van der Waals surface area contributed by atoms with Crippen molar-refractivity contribution in [2.24, 2.45) is 4.99 Å². The van der Waals surface area contributed by atoms with E-state index in [4.69, 9.17) is 4.74 Å². The van der Waals surface area contributed by atoms with Crippen LogP contribution in [-0.4, -0.2) is 50.9 Å². The summed E-state index contributed by atoms with van der Waals surface area (Å²) in [6.07, 6.45) is 2.53. The smallest absolute Gasteiger partial charge is 0.255 e. The van der Waals surface area contributed by atoms with E-state index in [1.807, 2.05) is 57.1 Å². The van der Waals surface area contributed by atoms with Crippen LogP contribution in [0.5, 0.6) is 5.75 Å². The molecule has 0 aliphatic carbocycles. The van der Waals surface area contributed by atoms with Gasteiger partial charge < -0.3 is 9.64 Å². The number of likely N-dealkylation sites (N-methyl/N-ethyl adjacent to an activating group) is 1. The number of carbonyl (C=O) groups is 1. The molecule has 1 aromatic carbocycles. The Balaban J connectivity index is 2.35. The second kappa shape index (κ2) is 7.31. The van der Waals surface area contributed by atoms with Crippen molar-refractivity contribution in [3.63, 3.8) is 0 Å². The van der Waals surface area contributed by atoms with Crippen molar-refractivity contribution >= 4 is 23.5 Å². The normalized spacial score (nSPS) is 18.1. The number of hydrogen-bond acceptors (Lipinski definition) is 4. The van der Waals surface area contributed by atoms with Gasteiger partial charge in [0, 0.05) is 39.2 Å². The Morgan fingerprint density at radius 2 is 2.09 bits per heavy atom. The molecule has 5 heteroatoms. The number of likely N-dealkylation sites (tertiary alicyclic amines) is 1. The summed E-state index contributed by atoms with van der Waals surface area (Å²) in [7, 11) is 5.61. The van der Waals surface area contributed by atoms with E-state index in [-0.39, 0.29) is 5.91 Å². The maximum Gasteiger partial charge on any atom is 0.255 e. The van der Waals surface area contributed by atoms with Gasteiger partial charge in [0.05, 0.1) is 12.8 Å². The number of nitrogens with zero attached hydrogens (tertiary/aromatic N) is 3. The van der Waals surface area contributed by atoms with Gasteiger partial charge in [0.15, 0.2) is 0 Å². The molecule has 0 spiro atoms. The summed E-state index contributed by atoms with van der Waals surface area (Å²) < 4.78 is 5.45. The molecule has 1 aliphatic rings. The van der Waals surface area contributed by atoms with Crippen LogP contribution in [0.3, 0.4) is 0 Å². The van der Waals surface area contributed by atoms with Crippen molar-refractivity contribution < 1.29 is 9.53 Å². The summed E-state index contributed by atoms with van der Waals surface area (Å²) in [4.78, 5) is 20.7. The van der Waals surface area contributed by atoms with Crippen molar-refractivity contribution in [1.82, 2.24) is 4.90 Å². The first-order valence-corrected chi connectivity index (χ1v) is 7.92. The fourth-order valence-electron chi connectivity index (χ4n) is 2.75.